The Hall–Kier alpha value is -1.23. The van der Waals surface area contributed by atoms with Crippen molar-refractivity contribution in [2.75, 3.05) is 29.5 Å². The maximum absolute atomic E-state index is 11.1. The lowest BCUT2D eigenvalue weighted by Crippen LogP contribution is -2.27. The van der Waals surface area contributed by atoms with Crippen LogP contribution in [0.3, 0.4) is 0 Å². The maximum atomic E-state index is 11.1. The number of aromatic nitrogens is 1. The Morgan fingerprint density at radius 1 is 1.44 bits per heavy atom. The SMILES string of the molecule is O=C(O)c1cnccc1N1CCCSCC1. The van der Waals surface area contributed by atoms with Gasteiger partial charge < -0.3 is 10.0 Å². The number of nitrogens with zero attached hydrogens (tertiary/aromatic N) is 2. The molecule has 86 valence electrons. The highest BCUT2D eigenvalue weighted by Crippen LogP contribution is 2.22. The number of pyridine rings is 1. The number of carbonyl (C=O) groups is 1. The smallest absolute Gasteiger partial charge is 0.339 e. The van der Waals surface area contributed by atoms with Crippen LogP contribution < -0.4 is 4.90 Å². The highest BCUT2D eigenvalue weighted by molar-refractivity contribution is 7.99. The number of carboxylic acids is 1. The zero-order chi connectivity index (χ0) is 11.4. The van der Waals surface area contributed by atoms with Gasteiger partial charge in [0, 0.05) is 31.2 Å². The Morgan fingerprint density at radius 2 is 2.31 bits per heavy atom. The Balaban J connectivity index is 2.27. The van der Waals surface area contributed by atoms with E-state index in [0.717, 1.165) is 36.7 Å². The number of hydrogen-bond acceptors (Lipinski definition) is 4. The molecule has 1 aromatic rings. The van der Waals surface area contributed by atoms with Gasteiger partial charge >= 0.3 is 5.97 Å². The molecule has 0 aliphatic carbocycles. The average molecular weight is 238 g/mol. The third-order valence-electron chi connectivity index (χ3n) is 2.59. The van der Waals surface area contributed by atoms with Crippen molar-refractivity contribution in [3.63, 3.8) is 0 Å². The number of anilines is 1. The zero-order valence-corrected chi connectivity index (χ0v) is 9.74. The van der Waals surface area contributed by atoms with E-state index < -0.39 is 5.97 Å². The van der Waals surface area contributed by atoms with Gasteiger partial charge in [-0.25, -0.2) is 4.79 Å². The van der Waals surface area contributed by atoms with Crippen molar-refractivity contribution in [3.05, 3.63) is 24.0 Å². The molecule has 0 atom stereocenters. The summed E-state index contributed by atoms with van der Waals surface area (Å²) in [7, 11) is 0. The molecule has 1 aromatic heterocycles. The predicted octanol–water partition coefficient (Wildman–Crippen LogP) is 1.72. The number of carboxylic acid groups (broad SMARTS) is 1. The molecule has 2 heterocycles. The third-order valence-corrected chi connectivity index (χ3v) is 3.64. The summed E-state index contributed by atoms with van der Waals surface area (Å²) < 4.78 is 0. The molecule has 1 fully saturated rings. The first-order valence-corrected chi connectivity index (χ1v) is 6.44. The van der Waals surface area contributed by atoms with E-state index in [0.29, 0.717) is 5.56 Å². The quantitative estimate of drug-likeness (QED) is 0.850. The van der Waals surface area contributed by atoms with Crippen LogP contribution in [0.4, 0.5) is 5.69 Å². The van der Waals surface area contributed by atoms with Crippen LogP contribution in [0, 0.1) is 0 Å². The molecule has 0 saturated carbocycles. The number of aromatic carboxylic acids is 1. The Bertz CT molecular complexity index is 376. The van der Waals surface area contributed by atoms with Crippen LogP contribution in [0.1, 0.15) is 16.8 Å². The summed E-state index contributed by atoms with van der Waals surface area (Å²) >= 11 is 1.92. The number of hydrogen-bond donors (Lipinski definition) is 1. The van der Waals surface area contributed by atoms with Crippen LogP contribution in [-0.4, -0.2) is 40.7 Å². The second-order valence-electron chi connectivity index (χ2n) is 3.65. The fourth-order valence-electron chi connectivity index (χ4n) is 1.81. The van der Waals surface area contributed by atoms with Crippen molar-refractivity contribution < 1.29 is 9.90 Å². The van der Waals surface area contributed by atoms with E-state index in [4.69, 9.17) is 5.11 Å². The molecule has 4 nitrogen and oxygen atoms in total. The molecule has 0 amide bonds. The molecule has 0 unspecified atom stereocenters. The monoisotopic (exact) mass is 238 g/mol. The molecular formula is C11H14N2O2S. The topological polar surface area (TPSA) is 53.4 Å². The second-order valence-corrected chi connectivity index (χ2v) is 4.88. The molecule has 16 heavy (non-hydrogen) atoms. The lowest BCUT2D eigenvalue weighted by molar-refractivity contribution is 0.0697. The minimum absolute atomic E-state index is 0.300. The molecule has 0 bridgehead atoms. The van der Waals surface area contributed by atoms with Crippen LogP contribution >= 0.6 is 11.8 Å². The van der Waals surface area contributed by atoms with E-state index in [9.17, 15) is 4.79 Å². The van der Waals surface area contributed by atoms with Crippen molar-refractivity contribution in [1.29, 1.82) is 0 Å². The lowest BCUT2D eigenvalue weighted by atomic mass is 10.2. The van der Waals surface area contributed by atoms with Gasteiger partial charge in [0.2, 0.25) is 0 Å². The van der Waals surface area contributed by atoms with Gasteiger partial charge in [0.05, 0.1) is 5.69 Å². The molecule has 2 rings (SSSR count). The maximum Gasteiger partial charge on any atom is 0.339 e. The van der Waals surface area contributed by atoms with Crippen LogP contribution in [0.25, 0.3) is 0 Å². The molecule has 1 aliphatic rings. The molecule has 5 heteroatoms. The molecule has 0 aromatic carbocycles. The van der Waals surface area contributed by atoms with Gasteiger partial charge in [-0.1, -0.05) is 0 Å². The molecule has 1 saturated heterocycles. The molecule has 0 radical (unpaired) electrons. The fraction of sp³-hybridized carbons (Fsp3) is 0.455. The van der Waals surface area contributed by atoms with Gasteiger partial charge in [-0.2, -0.15) is 11.8 Å². The first kappa shape index (κ1) is 11.3. The Labute approximate surface area is 98.7 Å². The third kappa shape index (κ3) is 2.47. The Kier molecular flexibility index (Phi) is 3.66. The molecule has 0 spiro atoms. The summed E-state index contributed by atoms with van der Waals surface area (Å²) in [5.74, 6) is 1.31. The highest BCUT2D eigenvalue weighted by Gasteiger charge is 2.17. The molecule has 1 aliphatic heterocycles. The minimum atomic E-state index is -0.903. The van der Waals surface area contributed by atoms with Crippen LogP contribution in [0.2, 0.25) is 0 Å². The zero-order valence-electron chi connectivity index (χ0n) is 8.93. The molecular weight excluding hydrogens is 224 g/mol. The van der Waals surface area contributed by atoms with Crippen LogP contribution in [0.5, 0.6) is 0 Å². The summed E-state index contributed by atoms with van der Waals surface area (Å²) in [5.41, 5.74) is 1.10. The van der Waals surface area contributed by atoms with Gasteiger partial charge in [0.25, 0.3) is 0 Å². The summed E-state index contributed by atoms with van der Waals surface area (Å²) in [6, 6.07) is 1.79. The number of thioether (sulfide) groups is 1. The van der Waals surface area contributed by atoms with Gasteiger partial charge in [0.1, 0.15) is 5.56 Å². The van der Waals surface area contributed by atoms with Gasteiger partial charge in [-0.05, 0) is 18.2 Å². The molecule has 1 N–H and O–H groups in total. The summed E-state index contributed by atoms with van der Waals surface area (Å²) in [5, 5.41) is 9.09. The van der Waals surface area contributed by atoms with Crippen LogP contribution in [-0.2, 0) is 0 Å². The van der Waals surface area contributed by atoms with E-state index in [-0.39, 0.29) is 0 Å². The number of rotatable bonds is 2. The first-order valence-electron chi connectivity index (χ1n) is 5.29. The van der Waals surface area contributed by atoms with Crippen LogP contribution in [0.15, 0.2) is 18.5 Å². The fourth-order valence-corrected chi connectivity index (χ4v) is 2.70. The van der Waals surface area contributed by atoms with Crippen molar-refractivity contribution in [1.82, 2.24) is 4.98 Å². The largest absolute Gasteiger partial charge is 0.478 e. The van der Waals surface area contributed by atoms with E-state index in [1.807, 2.05) is 11.8 Å². The van der Waals surface area contributed by atoms with Gasteiger partial charge in [-0.15, -0.1) is 0 Å². The summed E-state index contributed by atoms with van der Waals surface area (Å²) in [6.07, 6.45) is 4.18. The van der Waals surface area contributed by atoms with E-state index in [2.05, 4.69) is 9.88 Å². The Morgan fingerprint density at radius 3 is 3.12 bits per heavy atom. The minimum Gasteiger partial charge on any atom is -0.478 e. The van der Waals surface area contributed by atoms with Crippen molar-refractivity contribution in [2.24, 2.45) is 0 Å². The summed E-state index contributed by atoms with van der Waals surface area (Å²) in [4.78, 5) is 17.1. The summed E-state index contributed by atoms with van der Waals surface area (Å²) in [6.45, 7) is 1.84. The van der Waals surface area contributed by atoms with E-state index in [1.54, 1.807) is 12.3 Å². The van der Waals surface area contributed by atoms with Crippen molar-refractivity contribution >= 4 is 23.4 Å². The second kappa shape index (κ2) is 5.21. The highest BCUT2D eigenvalue weighted by atomic mass is 32.2. The van der Waals surface area contributed by atoms with Gasteiger partial charge in [0.15, 0.2) is 0 Å². The average Bonchev–Trinajstić information content (AvgIpc) is 2.57. The van der Waals surface area contributed by atoms with E-state index >= 15 is 0 Å². The van der Waals surface area contributed by atoms with Crippen molar-refractivity contribution in [2.45, 2.75) is 6.42 Å². The van der Waals surface area contributed by atoms with Gasteiger partial charge in [-0.3, -0.25) is 4.98 Å². The standard InChI is InChI=1S/C11H14N2O2S/c14-11(15)9-8-12-3-2-10(9)13-4-1-6-16-7-5-13/h2-3,8H,1,4-7H2,(H,14,15). The normalized spacial score (nSPS) is 16.9. The van der Waals surface area contributed by atoms with E-state index in [1.165, 1.54) is 6.20 Å². The predicted molar refractivity (Wildman–Crippen MR) is 65.4 cm³/mol. The lowest BCUT2D eigenvalue weighted by Gasteiger charge is -2.23. The van der Waals surface area contributed by atoms with Crippen molar-refractivity contribution in [3.8, 4) is 0 Å². The first-order chi connectivity index (χ1) is 7.79.